The van der Waals surface area contributed by atoms with Gasteiger partial charge in [0, 0.05) is 17.3 Å². The molecule has 0 fully saturated rings. The number of amides is 1. The zero-order chi connectivity index (χ0) is 15.9. The molecule has 6 nitrogen and oxygen atoms in total. The molecule has 0 saturated carbocycles. The minimum absolute atomic E-state index is 0.0563. The summed E-state index contributed by atoms with van der Waals surface area (Å²) in [7, 11) is 0. The number of hydrogen-bond acceptors (Lipinski definition) is 6. The Morgan fingerprint density at radius 3 is 2.55 bits per heavy atom. The van der Waals surface area contributed by atoms with Crippen LogP contribution in [0.2, 0.25) is 0 Å². The molecule has 0 spiro atoms. The number of benzene rings is 2. The third-order valence-corrected chi connectivity index (χ3v) is 3.54. The SMILES string of the molecule is O=C(/C=C/c1cc(O)cc(SNc2ccccc2)c1O)NO. The predicted molar refractivity (Wildman–Crippen MR) is 84.7 cm³/mol. The van der Waals surface area contributed by atoms with Gasteiger partial charge in [-0.2, -0.15) is 0 Å². The van der Waals surface area contributed by atoms with Crippen LogP contribution in [0.1, 0.15) is 5.56 Å². The fourth-order valence-electron chi connectivity index (χ4n) is 1.64. The van der Waals surface area contributed by atoms with Gasteiger partial charge >= 0.3 is 0 Å². The van der Waals surface area contributed by atoms with E-state index in [0.717, 1.165) is 23.7 Å². The van der Waals surface area contributed by atoms with Crippen molar-refractivity contribution in [1.82, 2.24) is 5.48 Å². The Labute approximate surface area is 131 Å². The van der Waals surface area contributed by atoms with E-state index < -0.39 is 5.91 Å². The zero-order valence-electron chi connectivity index (χ0n) is 11.4. The molecule has 7 heteroatoms. The number of para-hydroxylation sites is 1. The number of aromatic hydroxyl groups is 2. The zero-order valence-corrected chi connectivity index (χ0v) is 12.2. The van der Waals surface area contributed by atoms with Crippen LogP contribution in [-0.2, 0) is 4.79 Å². The lowest BCUT2D eigenvalue weighted by atomic mass is 10.1. The van der Waals surface area contributed by atoms with Gasteiger partial charge in [-0.05, 0) is 42.3 Å². The summed E-state index contributed by atoms with van der Waals surface area (Å²) in [5.74, 6) is -0.883. The van der Waals surface area contributed by atoms with Gasteiger partial charge in [-0.25, -0.2) is 5.48 Å². The Balaban J connectivity index is 2.19. The van der Waals surface area contributed by atoms with Gasteiger partial charge in [-0.1, -0.05) is 18.2 Å². The molecule has 0 unspecified atom stereocenters. The van der Waals surface area contributed by atoms with Crippen molar-refractivity contribution in [3.63, 3.8) is 0 Å². The van der Waals surface area contributed by atoms with Gasteiger partial charge in [0.1, 0.15) is 11.5 Å². The van der Waals surface area contributed by atoms with Gasteiger partial charge in [0.25, 0.3) is 5.91 Å². The van der Waals surface area contributed by atoms with Crippen LogP contribution in [0.3, 0.4) is 0 Å². The number of phenols is 2. The van der Waals surface area contributed by atoms with Crippen molar-refractivity contribution in [2.45, 2.75) is 4.90 Å². The molecule has 0 bridgehead atoms. The molecule has 0 aliphatic heterocycles. The van der Waals surface area contributed by atoms with Crippen LogP contribution in [0.25, 0.3) is 6.08 Å². The van der Waals surface area contributed by atoms with E-state index in [4.69, 9.17) is 5.21 Å². The standard InChI is InChI=1S/C15H14N2O4S/c18-12-8-10(6-7-14(19)16-21)15(20)13(9-12)22-17-11-4-2-1-3-5-11/h1-9,17-18,20-21H,(H,16,19)/b7-6+. The molecule has 0 aromatic heterocycles. The number of hydroxylamine groups is 1. The van der Waals surface area contributed by atoms with Crippen molar-refractivity contribution in [1.29, 1.82) is 0 Å². The largest absolute Gasteiger partial charge is 0.508 e. The Hall–Kier alpha value is -2.64. The lowest BCUT2D eigenvalue weighted by Gasteiger charge is -2.09. The monoisotopic (exact) mass is 318 g/mol. The van der Waals surface area contributed by atoms with Gasteiger partial charge in [-0.15, -0.1) is 0 Å². The molecule has 114 valence electrons. The highest BCUT2D eigenvalue weighted by Gasteiger charge is 2.09. The molecular weight excluding hydrogens is 304 g/mol. The quantitative estimate of drug-likeness (QED) is 0.191. The fraction of sp³-hybridized carbons (Fsp3) is 0. The lowest BCUT2D eigenvalue weighted by molar-refractivity contribution is -0.124. The van der Waals surface area contributed by atoms with Crippen LogP contribution >= 0.6 is 11.9 Å². The van der Waals surface area contributed by atoms with Crippen LogP contribution in [0.15, 0.2) is 53.4 Å². The van der Waals surface area contributed by atoms with Crippen molar-refractivity contribution >= 4 is 29.6 Å². The maximum atomic E-state index is 11.0. The number of phenolic OH excluding ortho intramolecular Hbond substituents is 2. The third kappa shape index (κ3) is 4.18. The smallest absolute Gasteiger partial charge is 0.267 e. The van der Waals surface area contributed by atoms with Crippen LogP contribution < -0.4 is 10.2 Å². The van der Waals surface area contributed by atoms with Crippen molar-refractivity contribution in [2.24, 2.45) is 0 Å². The van der Waals surface area contributed by atoms with E-state index in [0.29, 0.717) is 4.90 Å². The molecule has 0 radical (unpaired) electrons. The van der Waals surface area contributed by atoms with Gasteiger partial charge in [0.05, 0.1) is 4.90 Å². The molecule has 2 rings (SSSR count). The number of hydrogen-bond donors (Lipinski definition) is 5. The Kier molecular flexibility index (Phi) is 5.29. The number of nitrogens with one attached hydrogen (secondary N) is 2. The van der Waals surface area contributed by atoms with Crippen molar-refractivity contribution in [2.75, 3.05) is 4.72 Å². The first-order valence-electron chi connectivity index (χ1n) is 6.26. The number of anilines is 1. The van der Waals surface area contributed by atoms with E-state index in [1.165, 1.54) is 23.7 Å². The first-order valence-corrected chi connectivity index (χ1v) is 7.08. The molecule has 2 aromatic carbocycles. The molecule has 5 N–H and O–H groups in total. The Morgan fingerprint density at radius 1 is 1.14 bits per heavy atom. The van der Waals surface area contributed by atoms with E-state index in [9.17, 15) is 15.0 Å². The van der Waals surface area contributed by atoms with Crippen LogP contribution in [0, 0.1) is 0 Å². The number of carbonyl (C=O) groups excluding carboxylic acids is 1. The van der Waals surface area contributed by atoms with Gasteiger partial charge in [0.15, 0.2) is 0 Å². The van der Waals surface area contributed by atoms with Crippen molar-refractivity contribution < 1.29 is 20.2 Å². The van der Waals surface area contributed by atoms with E-state index >= 15 is 0 Å². The molecule has 1 amide bonds. The van der Waals surface area contributed by atoms with Crippen molar-refractivity contribution in [3.05, 3.63) is 54.1 Å². The molecule has 0 aliphatic carbocycles. The normalized spacial score (nSPS) is 10.6. The Morgan fingerprint density at radius 2 is 1.86 bits per heavy atom. The summed E-state index contributed by atoms with van der Waals surface area (Å²) in [5, 5.41) is 28.3. The molecule has 0 saturated heterocycles. The van der Waals surface area contributed by atoms with E-state index in [2.05, 4.69) is 4.72 Å². The summed E-state index contributed by atoms with van der Waals surface area (Å²) in [6, 6.07) is 12.1. The summed E-state index contributed by atoms with van der Waals surface area (Å²) < 4.78 is 3.03. The minimum atomic E-state index is -0.737. The lowest BCUT2D eigenvalue weighted by Crippen LogP contribution is -2.14. The molecule has 2 aromatic rings. The summed E-state index contributed by atoms with van der Waals surface area (Å²) in [6.07, 6.45) is 2.32. The van der Waals surface area contributed by atoms with Crippen LogP contribution in [0.4, 0.5) is 5.69 Å². The third-order valence-electron chi connectivity index (χ3n) is 2.67. The second-order valence-corrected chi connectivity index (χ2v) is 5.11. The first-order chi connectivity index (χ1) is 10.6. The summed E-state index contributed by atoms with van der Waals surface area (Å²) in [5.41, 5.74) is 2.53. The van der Waals surface area contributed by atoms with Crippen molar-refractivity contribution in [3.8, 4) is 11.5 Å². The molecule has 22 heavy (non-hydrogen) atoms. The minimum Gasteiger partial charge on any atom is -0.508 e. The average molecular weight is 318 g/mol. The first kappa shape index (κ1) is 15.7. The second-order valence-electron chi connectivity index (χ2n) is 4.26. The average Bonchev–Trinajstić information content (AvgIpc) is 2.54. The van der Waals surface area contributed by atoms with Gasteiger partial charge < -0.3 is 14.9 Å². The maximum absolute atomic E-state index is 11.0. The highest BCUT2D eigenvalue weighted by atomic mass is 32.2. The van der Waals surface area contributed by atoms with Gasteiger partial charge in [-0.3, -0.25) is 10.0 Å². The van der Waals surface area contributed by atoms with Crippen LogP contribution in [-0.4, -0.2) is 21.3 Å². The van der Waals surface area contributed by atoms with Crippen LogP contribution in [0.5, 0.6) is 11.5 Å². The highest BCUT2D eigenvalue weighted by molar-refractivity contribution is 8.00. The van der Waals surface area contributed by atoms with Gasteiger partial charge in [0.2, 0.25) is 0 Å². The second kappa shape index (κ2) is 7.39. The molecular formula is C15H14N2O4S. The number of rotatable bonds is 5. The molecule has 0 aliphatic rings. The molecule has 0 atom stereocenters. The van der Waals surface area contributed by atoms with E-state index in [-0.39, 0.29) is 17.1 Å². The Bertz CT molecular complexity index is 689. The van der Waals surface area contributed by atoms with E-state index in [1.807, 2.05) is 30.3 Å². The summed E-state index contributed by atoms with van der Waals surface area (Å²) in [4.78, 5) is 11.4. The topological polar surface area (TPSA) is 102 Å². The summed E-state index contributed by atoms with van der Waals surface area (Å²) >= 11 is 1.12. The molecule has 0 heterocycles. The summed E-state index contributed by atoms with van der Waals surface area (Å²) in [6.45, 7) is 0. The maximum Gasteiger partial charge on any atom is 0.267 e. The predicted octanol–water partition coefficient (Wildman–Crippen LogP) is 2.74. The highest BCUT2D eigenvalue weighted by Crippen LogP contribution is 2.36. The number of carbonyl (C=O) groups is 1. The van der Waals surface area contributed by atoms with E-state index in [1.54, 1.807) is 0 Å². The fourth-order valence-corrected chi connectivity index (χ4v) is 2.40.